The molecule has 0 fully saturated rings. The molecule has 5 nitrogen and oxygen atoms in total. The molecule has 6 heteroatoms. The first kappa shape index (κ1) is 9.26. The Balaban J connectivity index is 2.42. The quantitative estimate of drug-likeness (QED) is 0.693. The van der Waals surface area contributed by atoms with E-state index in [-0.39, 0.29) is 12.0 Å². The number of nitrogens with zero attached hydrogens (tertiary/aromatic N) is 1. The first-order valence-electron chi connectivity index (χ1n) is 4.14. The van der Waals surface area contributed by atoms with E-state index in [4.69, 9.17) is 5.73 Å². The standard InChI is InChI=1S/C8H9N3O2S/c9-6(12)1-7-10-5-3-14-2-4(5)8(13)11-7/h1-3H2,(H2,9,12)(H,10,11,13). The van der Waals surface area contributed by atoms with Gasteiger partial charge in [0.1, 0.15) is 5.82 Å². The Kier molecular flexibility index (Phi) is 2.28. The number of rotatable bonds is 2. The third kappa shape index (κ3) is 1.65. The minimum Gasteiger partial charge on any atom is -0.369 e. The molecular weight excluding hydrogens is 202 g/mol. The number of amides is 1. The summed E-state index contributed by atoms with van der Waals surface area (Å²) < 4.78 is 0. The van der Waals surface area contributed by atoms with Crippen LogP contribution in [0.3, 0.4) is 0 Å². The van der Waals surface area contributed by atoms with E-state index in [1.54, 1.807) is 11.8 Å². The van der Waals surface area contributed by atoms with Gasteiger partial charge in [-0.05, 0) is 0 Å². The number of H-pyrrole nitrogens is 1. The van der Waals surface area contributed by atoms with Crippen molar-refractivity contribution in [3.63, 3.8) is 0 Å². The Hall–Kier alpha value is -1.30. The van der Waals surface area contributed by atoms with Gasteiger partial charge in [-0.1, -0.05) is 0 Å². The van der Waals surface area contributed by atoms with E-state index >= 15 is 0 Å². The summed E-state index contributed by atoms with van der Waals surface area (Å²) in [5, 5.41) is 0. The van der Waals surface area contributed by atoms with Gasteiger partial charge < -0.3 is 10.7 Å². The molecule has 0 atom stereocenters. The molecule has 0 saturated heterocycles. The number of aromatic nitrogens is 2. The normalized spacial score (nSPS) is 14.0. The lowest BCUT2D eigenvalue weighted by atomic mass is 10.2. The van der Waals surface area contributed by atoms with Gasteiger partial charge in [-0.3, -0.25) is 9.59 Å². The van der Waals surface area contributed by atoms with Gasteiger partial charge in [0.2, 0.25) is 5.91 Å². The number of aromatic amines is 1. The molecule has 2 heterocycles. The largest absolute Gasteiger partial charge is 0.369 e. The molecule has 0 saturated carbocycles. The van der Waals surface area contributed by atoms with Gasteiger partial charge in [0.25, 0.3) is 5.56 Å². The summed E-state index contributed by atoms with van der Waals surface area (Å²) in [5.41, 5.74) is 6.38. The van der Waals surface area contributed by atoms with Crippen LogP contribution in [0.2, 0.25) is 0 Å². The van der Waals surface area contributed by atoms with Crippen LogP contribution in [0.5, 0.6) is 0 Å². The molecule has 0 unspecified atom stereocenters. The highest BCUT2D eigenvalue weighted by Gasteiger charge is 2.17. The van der Waals surface area contributed by atoms with Gasteiger partial charge in [0.05, 0.1) is 12.1 Å². The Morgan fingerprint density at radius 3 is 3.07 bits per heavy atom. The summed E-state index contributed by atoms with van der Waals surface area (Å²) in [6, 6.07) is 0. The van der Waals surface area contributed by atoms with Crippen molar-refractivity contribution in [2.75, 3.05) is 0 Å². The Labute approximate surface area is 84.1 Å². The number of nitrogens with two attached hydrogens (primary N) is 1. The predicted octanol–water partition coefficient (Wildman–Crippen LogP) is -0.456. The maximum Gasteiger partial charge on any atom is 0.255 e. The zero-order valence-electron chi connectivity index (χ0n) is 7.37. The zero-order chi connectivity index (χ0) is 10.1. The van der Waals surface area contributed by atoms with Crippen molar-refractivity contribution in [2.45, 2.75) is 17.9 Å². The van der Waals surface area contributed by atoms with Crippen molar-refractivity contribution in [3.8, 4) is 0 Å². The fourth-order valence-electron chi connectivity index (χ4n) is 1.36. The lowest BCUT2D eigenvalue weighted by Gasteiger charge is -2.00. The summed E-state index contributed by atoms with van der Waals surface area (Å²) in [6.07, 6.45) is -0.00676. The van der Waals surface area contributed by atoms with Crippen LogP contribution in [0, 0.1) is 0 Å². The maximum absolute atomic E-state index is 11.5. The second-order valence-corrected chi connectivity index (χ2v) is 4.06. The average molecular weight is 211 g/mol. The molecule has 0 radical (unpaired) electrons. The molecule has 1 amide bonds. The highest BCUT2D eigenvalue weighted by atomic mass is 32.2. The molecular formula is C8H9N3O2S. The third-order valence-electron chi connectivity index (χ3n) is 1.98. The fourth-order valence-corrected chi connectivity index (χ4v) is 2.40. The molecule has 3 N–H and O–H groups in total. The van der Waals surface area contributed by atoms with E-state index in [1.165, 1.54) is 0 Å². The van der Waals surface area contributed by atoms with Crippen molar-refractivity contribution in [2.24, 2.45) is 5.73 Å². The second-order valence-electron chi connectivity index (χ2n) is 3.07. The summed E-state index contributed by atoms with van der Waals surface area (Å²) in [4.78, 5) is 28.8. The predicted molar refractivity (Wildman–Crippen MR) is 52.8 cm³/mol. The third-order valence-corrected chi connectivity index (χ3v) is 2.95. The van der Waals surface area contributed by atoms with Crippen molar-refractivity contribution < 1.29 is 4.79 Å². The summed E-state index contributed by atoms with van der Waals surface area (Å²) >= 11 is 1.65. The fraction of sp³-hybridized carbons (Fsp3) is 0.375. The van der Waals surface area contributed by atoms with Crippen molar-refractivity contribution in [3.05, 3.63) is 27.4 Å². The summed E-state index contributed by atoms with van der Waals surface area (Å²) in [7, 11) is 0. The summed E-state index contributed by atoms with van der Waals surface area (Å²) in [5.74, 6) is 1.32. The SMILES string of the molecule is NC(=O)Cc1nc2c(c(=O)[nH]1)CSC2. The highest BCUT2D eigenvalue weighted by Crippen LogP contribution is 2.24. The van der Waals surface area contributed by atoms with Gasteiger partial charge >= 0.3 is 0 Å². The molecule has 1 aliphatic heterocycles. The molecule has 0 spiro atoms. The number of hydrogen-bond acceptors (Lipinski definition) is 4. The molecule has 74 valence electrons. The molecule has 0 bridgehead atoms. The lowest BCUT2D eigenvalue weighted by molar-refractivity contribution is -0.117. The van der Waals surface area contributed by atoms with Crippen LogP contribution in [0.15, 0.2) is 4.79 Å². The van der Waals surface area contributed by atoms with E-state index in [0.717, 1.165) is 17.0 Å². The number of carbonyl (C=O) groups excluding carboxylic acids is 1. The van der Waals surface area contributed by atoms with Gasteiger partial charge in [0.15, 0.2) is 0 Å². The van der Waals surface area contributed by atoms with Crippen LogP contribution in [0.4, 0.5) is 0 Å². The van der Waals surface area contributed by atoms with Gasteiger partial charge in [-0.25, -0.2) is 4.98 Å². The molecule has 2 rings (SSSR count). The molecule has 0 aliphatic carbocycles. The minimum atomic E-state index is -0.487. The monoisotopic (exact) mass is 211 g/mol. The minimum absolute atomic E-state index is 0.00676. The highest BCUT2D eigenvalue weighted by molar-refractivity contribution is 7.98. The number of fused-ring (bicyclic) bond motifs is 1. The maximum atomic E-state index is 11.5. The molecule has 1 aromatic rings. The smallest absolute Gasteiger partial charge is 0.255 e. The van der Waals surface area contributed by atoms with Crippen LogP contribution >= 0.6 is 11.8 Å². The van der Waals surface area contributed by atoms with E-state index < -0.39 is 5.91 Å². The molecule has 1 aliphatic rings. The van der Waals surface area contributed by atoms with Crippen molar-refractivity contribution >= 4 is 17.7 Å². The van der Waals surface area contributed by atoms with Crippen LogP contribution < -0.4 is 11.3 Å². The van der Waals surface area contributed by atoms with Crippen molar-refractivity contribution in [1.29, 1.82) is 0 Å². The van der Waals surface area contributed by atoms with E-state index in [9.17, 15) is 9.59 Å². The first-order valence-corrected chi connectivity index (χ1v) is 5.29. The lowest BCUT2D eigenvalue weighted by Crippen LogP contribution is -2.22. The second kappa shape index (κ2) is 3.45. The van der Waals surface area contributed by atoms with E-state index in [2.05, 4.69) is 9.97 Å². The van der Waals surface area contributed by atoms with E-state index in [1.807, 2.05) is 0 Å². The number of nitrogens with one attached hydrogen (secondary N) is 1. The van der Waals surface area contributed by atoms with Crippen LogP contribution in [0.25, 0.3) is 0 Å². The van der Waals surface area contributed by atoms with Crippen LogP contribution in [0.1, 0.15) is 17.1 Å². The summed E-state index contributed by atoms with van der Waals surface area (Å²) in [6.45, 7) is 0. The van der Waals surface area contributed by atoms with Gasteiger partial charge in [-0.2, -0.15) is 11.8 Å². The first-order chi connectivity index (χ1) is 6.66. The average Bonchev–Trinajstić information content (AvgIpc) is 2.50. The van der Waals surface area contributed by atoms with Crippen LogP contribution in [-0.2, 0) is 22.7 Å². The van der Waals surface area contributed by atoms with Gasteiger partial charge in [0, 0.05) is 17.1 Å². The van der Waals surface area contributed by atoms with Crippen molar-refractivity contribution in [1.82, 2.24) is 9.97 Å². The molecule has 14 heavy (non-hydrogen) atoms. The molecule has 1 aromatic heterocycles. The number of hydrogen-bond donors (Lipinski definition) is 2. The Bertz CT molecular complexity index is 441. The van der Waals surface area contributed by atoms with Gasteiger partial charge in [-0.15, -0.1) is 0 Å². The Morgan fingerprint density at radius 1 is 1.57 bits per heavy atom. The topological polar surface area (TPSA) is 88.8 Å². The number of primary amides is 1. The zero-order valence-corrected chi connectivity index (χ0v) is 8.19. The van der Waals surface area contributed by atoms with E-state index in [0.29, 0.717) is 11.6 Å². The Morgan fingerprint density at radius 2 is 2.36 bits per heavy atom. The number of thioether (sulfide) groups is 1. The number of carbonyl (C=O) groups is 1. The molecule has 0 aromatic carbocycles. The van der Waals surface area contributed by atoms with Crippen LogP contribution in [-0.4, -0.2) is 15.9 Å².